The molecule has 0 amide bonds. The highest BCUT2D eigenvalue weighted by Gasteiger charge is 2.19. The van der Waals surface area contributed by atoms with E-state index in [0.717, 1.165) is 58.1 Å². The van der Waals surface area contributed by atoms with E-state index in [2.05, 4.69) is 64.3 Å². The first kappa shape index (κ1) is 23.1. The molecule has 1 aromatic heterocycles. The third-order valence-corrected chi connectivity index (χ3v) is 6.10. The Morgan fingerprint density at radius 2 is 1.89 bits per heavy atom. The highest BCUT2D eigenvalue weighted by atomic mass is 127. The van der Waals surface area contributed by atoms with E-state index in [1.807, 2.05) is 18.4 Å². The van der Waals surface area contributed by atoms with Gasteiger partial charge in [0.25, 0.3) is 0 Å². The van der Waals surface area contributed by atoms with Gasteiger partial charge in [0, 0.05) is 57.6 Å². The van der Waals surface area contributed by atoms with Crippen molar-refractivity contribution >= 4 is 41.3 Å². The Kier molecular flexibility index (Phi) is 9.67. The molecule has 7 heteroatoms. The van der Waals surface area contributed by atoms with Gasteiger partial charge in [-0.05, 0) is 18.9 Å². The van der Waals surface area contributed by atoms with Gasteiger partial charge in [0.1, 0.15) is 0 Å². The van der Waals surface area contributed by atoms with Gasteiger partial charge < -0.3 is 10.2 Å². The summed E-state index contributed by atoms with van der Waals surface area (Å²) < 4.78 is 0. The molecule has 154 valence electrons. The third kappa shape index (κ3) is 6.42. The van der Waals surface area contributed by atoms with Gasteiger partial charge in [-0.25, -0.2) is 4.98 Å². The molecular formula is C21H32IN5S. The molecule has 0 radical (unpaired) electrons. The van der Waals surface area contributed by atoms with Crippen molar-refractivity contribution in [2.45, 2.75) is 33.2 Å². The van der Waals surface area contributed by atoms with Gasteiger partial charge in [0.15, 0.2) is 5.96 Å². The summed E-state index contributed by atoms with van der Waals surface area (Å²) in [5.74, 6) is 1.01. The number of halogens is 1. The maximum Gasteiger partial charge on any atom is 0.193 e. The molecule has 0 spiro atoms. The van der Waals surface area contributed by atoms with Crippen LogP contribution in [0.15, 0.2) is 35.3 Å². The summed E-state index contributed by atoms with van der Waals surface area (Å²) in [5.41, 5.74) is 2.63. The van der Waals surface area contributed by atoms with E-state index in [-0.39, 0.29) is 24.0 Å². The smallest absolute Gasteiger partial charge is 0.193 e. The second-order valence-corrected chi connectivity index (χ2v) is 8.22. The second-order valence-electron chi connectivity index (χ2n) is 6.94. The van der Waals surface area contributed by atoms with Crippen LogP contribution in [0.3, 0.4) is 0 Å². The van der Waals surface area contributed by atoms with Crippen molar-refractivity contribution in [2.24, 2.45) is 4.99 Å². The fourth-order valence-electron chi connectivity index (χ4n) is 3.50. The lowest BCUT2D eigenvalue weighted by Crippen LogP contribution is -2.52. The van der Waals surface area contributed by atoms with E-state index >= 15 is 0 Å². The molecule has 0 saturated carbocycles. The number of aryl methyl sites for hydroxylation is 2. The van der Waals surface area contributed by atoms with Crippen molar-refractivity contribution < 1.29 is 0 Å². The maximum absolute atomic E-state index is 4.73. The van der Waals surface area contributed by atoms with Crippen LogP contribution >= 0.6 is 35.3 Å². The summed E-state index contributed by atoms with van der Waals surface area (Å²) in [4.78, 5) is 15.5. The Labute approximate surface area is 190 Å². The van der Waals surface area contributed by atoms with Crippen LogP contribution in [0.2, 0.25) is 0 Å². The second kappa shape index (κ2) is 11.7. The summed E-state index contributed by atoms with van der Waals surface area (Å²) in [6.45, 7) is 10.4. The molecule has 1 aliphatic rings. The number of hydrogen-bond acceptors (Lipinski definition) is 4. The Morgan fingerprint density at radius 3 is 2.50 bits per heavy atom. The Hall–Kier alpha value is -1.19. The van der Waals surface area contributed by atoms with Gasteiger partial charge in [-0.3, -0.25) is 9.89 Å². The van der Waals surface area contributed by atoms with Gasteiger partial charge in [0.05, 0.1) is 10.7 Å². The monoisotopic (exact) mass is 513 g/mol. The molecule has 0 aliphatic carbocycles. The lowest BCUT2D eigenvalue weighted by atomic mass is 10.2. The minimum Gasteiger partial charge on any atom is -0.356 e. The van der Waals surface area contributed by atoms with E-state index < -0.39 is 0 Å². The number of aromatic nitrogens is 1. The number of guanidine groups is 1. The fraction of sp³-hybridized carbons (Fsp3) is 0.524. The number of piperazine rings is 1. The minimum absolute atomic E-state index is 0. The number of rotatable bonds is 6. The average Bonchev–Trinajstić information content (AvgIpc) is 3.06. The number of nitrogens with one attached hydrogen (secondary N) is 1. The first-order valence-electron chi connectivity index (χ1n) is 9.86. The lowest BCUT2D eigenvalue weighted by Gasteiger charge is -2.36. The average molecular weight is 513 g/mol. The van der Waals surface area contributed by atoms with Crippen LogP contribution < -0.4 is 5.32 Å². The molecule has 0 atom stereocenters. The Morgan fingerprint density at radius 1 is 1.18 bits per heavy atom. The molecule has 0 unspecified atom stereocenters. The predicted molar refractivity (Wildman–Crippen MR) is 130 cm³/mol. The van der Waals surface area contributed by atoms with Gasteiger partial charge in [-0.2, -0.15) is 0 Å². The highest BCUT2D eigenvalue weighted by Crippen LogP contribution is 2.18. The van der Waals surface area contributed by atoms with Crippen molar-refractivity contribution in [3.05, 3.63) is 51.5 Å². The zero-order valence-corrected chi connectivity index (χ0v) is 20.3. The molecule has 1 N–H and O–H groups in total. The zero-order valence-electron chi connectivity index (χ0n) is 17.1. The van der Waals surface area contributed by atoms with E-state index in [4.69, 9.17) is 4.98 Å². The quantitative estimate of drug-likeness (QED) is 0.365. The standard InChI is InChI=1S/C21H31N5S.HI/c1-4-19-17(2)27-20(24-19)10-11-23-21(22-3)26-14-12-25(13-15-26)16-18-8-6-5-7-9-18;/h5-9H,4,10-16H2,1-3H3,(H,22,23);1H. The molecule has 1 aliphatic heterocycles. The van der Waals surface area contributed by atoms with Crippen LogP contribution in [0, 0.1) is 6.92 Å². The normalized spacial score (nSPS) is 15.4. The summed E-state index contributed by atoms with van der Waals surface area (Å²) >= 11 is 1.82. The van der Waals surface area contributed by atoms with Crippen LogP contribution in [-0.2, 0) is 19.4 Å². The van der Waals surface area contributed by atoms with Gasteiger partial charge in [-0.1, -0.05) is 37.3 Å². The summed E-state index contributed by atoms with van der Waals surface area (Å²) in [6.07, 6.45) is 1.98. The predicted octanol–water partition coefficient (Wildman–Crippen LogP) is 3.57. The first-order chi connectivity index (χ1) is 13.2. The molecular weight excluding hydrogens is 481 g/mol. The minimum atomic E-state index is 0. The number of hydrogen-bond donors (Lipinski definition) is 1. The lowest BCUT2D eigenvalue weighted by molar-refractivity contribution is 0.172. The summed E-state index contributed by atoms with van der Waals surface area (Å²) in [6, 6.07) is 10.7. The topological polar surface area (TPSA) is 43.8 Å². The molecule has 3 rings (SSSR count). The Bertz CT molecular complexity index is 739. The van der Waals surface area contributed by atoms with E-state index in [1.54, 1.807) is 0 Å². The molecule has 0 bridgehead atoms. The summed E-state index contributed by atoms with van der Waals surface area (Å²) in [7, 11) is 1.88. The van der Waals surface area contributed by atoms with E-state index in [1.165, 1.54) is 21.1 Å². The fourth-order valence-corrected chi connectivity index (χ4v) is 4.52. The summed E-state index contributed by atoms with van der Waals surface area (Å²) in [5, 5.41) is 4.75. The Balaban J connectivity index is 0.00000280. The van der Waals surface area contributed by atoms with Crippen molar-refractivity contribution in [2.75, 3.05) is 39.8 Å². The van der Waals surface area contributed by atoms with Gasteiger partial charge in [-0.15, -0.1) is 35.3 Å². The van der Waals surface area contributed by atoms with E-state index in [9.17, 15) is 0 Å². The number of thiazole rings is 1. The van der Waals surface area contributed by atoms with Crippen LogP contribution in [-0.4, -0.2) is 60.5 Å². The number of aliphatic imine (C=N–C) groups is 1. The van der Waals surface area contributed by atoms with Crippen LogP contribution in [0.5, 0.6) is 0 Å². The number of nitrogens with zero attached hydrogens (tertiary/aromatic N) is 4. The zero-order chi connectivity index (χ0) is 19.1. The van der Waals surface area contributed by atoms with E-state index in [0.29, 0.717) is 0 Å². The van der Waals surface area contributed by atoms with Crippen LogP contribution in [0.1, 0.15) is 28.1 Å². The van der Waals surface area contributed by atoms with Crippen LogP contribution in [0.4, 0.5) is 0 Å². The maximum atomic E-state index is 4.73. The third-order valence-electron chi connectivity index (χ3n) is 5.03. The molecule has 1 aromatic carbocycles. The molecule has 28 heavy (non-hydrogen) atoms. The van der Waals surface area contributed by atoms with Crippen molar-refractivity contribution in [1.82, 2.24) is 20.1 Å². The van der Waals surface area contributed by atoms with Crippen LogP contribution in [0.25, 0.3) is 0 Å². The number of benzene rings is 1. The SMILES string of the molecule is CCc1nc(CCNC(=NC)N2CCN(Cc3ccccc3)CC2)sc1C.I. The molecule has 2 heterocycles. The molecule has 2 aromatic rings. The first-order valence-corrected chi connectivity index (χ1v) is 10.7. The van der Waals surface area contributed by atoms with Crippen molar-refractivity contribution in [3.63, 3.8) is 0 Å². The molecule has 5 nitrogen and oxygen atoms in total. The van der Waals surface area contributed by atoms with Crippen molar-refractivity contribution in [1.29, 1.82) is 0 Å². The van der Waals surface area contributed by atoms with Gasteiger partial charge in [0.2, 0.25) is 0 Å². The molecule has 1 fully saturated rings. The molecule has 1 saturated heterocycles. The van der Waals surface area contributed by atoms with Crippen molar-refractivity contribution in [3.8, 4) is 0 Å². The van der Waals surface area contributed by atoms with Gasteiger partial charge >= 0.3 is 0 Å². The highest BCUT2D eigenvalue weighted by molar-refractivity contribution is 14.0. The largest absolute Gasteiger partial charge is 0.356 e.